The van der Waals surface area contributed by atoms with Crippen molar-refractivity contribution in [3.8, 4) is 0 Å². The van der Waals surface area contributed by atoms with Gasteiger partial charge >= 0.3 is 11.8 Å². The lowest BCUT2D eigenvalue weighted by Crippen LogP contribution is -2.60. The number of aromatic nitrogens is 1. The highest BCUT2D eigenvalue weighted by atomic mass is 16.6. The van der Waals surface area contributed by atoms with Crippen LogP contribution in [0.3, 0.4) is 0 Å². The second-order valence-electron chi connectivity index (χ2n) is 11.4. The number of benzene rings is 2. The van der Waals surface area contributed by atoms with Crippen LogP contribution in [0.1, 0.15) is 45.6 Å². The second-order valence-corrected chi connectivity index (χ2v) is 11.4. The molecule has 3 aromatic rings. The van der Waals surface area contributed by atoms with Gasteiger partial charge in [0.05, 0.1) is 35.1 Å². The summed E-state index contributed by atoms with van der Waals surface area (Å²) in [6.07, 6.45) is 1.50. The predicted octanol–water partition coefficient (Wildman–Crippen LogP) is 6.47. The average Bonchev–Trinajstić information content (AvgIpc) is 2.91. The lowest BCUT2D eigenvalue weighted by molar-refractivity contribution is -0.384. The predicted molar refractivity (Wildman–Crippen MR) is 159 cm³/mol. The molecule has 41 heavy (non-hydrogen) atoms. The van der Waals surface area contributed by atoms with Gasteiger partial charge in [0.15, 0.2) is 0 Å². The number of ether oxygens (including phenoxy) is 1. The Morgan fingerprint density at radius 2 is 1.73 bits per heavy atom. The summed E-state index contributed by atoms with van der Waals surface area (Å²) in [7, 11) is 0. The Morgan fingerprint density at radius 3 is 2.32 bits per heavy atom. The normalized spacial score (nSPS) is 16.4. The first kappa shape index (κ1) is 28.2. The van der Waals surface area contributed by atoms with Crippen LogP contribution in [0.5, 0.6) is 0 Å². The van der Waals surface area contributed by atoms with E-state index in [1.165, 1.54) is 6.07 Å². The molecule has 216 valence electrons. The van der Waals surface area contributed by atoms with Crippen LogP contribution in [0, 0.1) is 10.1 Å². The number of amides is 1. The lowest BCUT2D eigenvalue weighted by Gasteiger charge is -2.54. The first-order valence-electron chi connectivity index (χ1n) is 13.8. The van der Waals surface area contributed by atoms with E-state index >= 15 is 0 Å². The van der Waals surface area contributed by atoms with Crippen LogP contribution < -0.4 is 15.5 Å². The number of nitrogens with one attached hydrogen (secondary N) is 2. The molecule has 0 unspecified atom stereocenters. The molecule has 2 fully saturated rings. The largest absolute Gasteiger partial charge is 0.465 e. The molecule has 1 aliphatic carbocycles. The maximum absolute atomic E-state index is 12.3. The molecule has 0 atom stereocenters. The van der Waals surface area contributed by atoms with Gasteiger partial charge in [0, 0.05) is 30.4 Å². The summed E-state index contributed by atoms with van der Waals surface area (Å²) in [6, 6.07) is 18.3. The number of carbonyl (C=O) groups is 1. The van der Waals surface area contributed by atoms with E-state index in [0.717, 1.165) is 49.3 Å². The van der Waals surface area contributed by atoms with Gasteiger partial charge in [0.25, 0.3) is 0 Å². The third kappa shape index (κ3) is 5.76. The Labute approximate surface area is 239 Å². The van der Waals surface area contributed by atoms with Crippen molar-refractivity contribution in [1.29, 1.82) is 0 Å². The molecule has 2 aliphatic rings. The summed E-state index contributed by atoms with van der Waals surface area (Å²) < 4.78 is 5.48. The molecule has 2 aromatic carbocycles. The zero-order valence-electron chi connectivity index (χ0n) is 23.6. The molecule has 1 aliphatic heterocycles. The fourth-order valence-corrected chi connectivity index (χ4v) is 5.82. The van der Waals surface area contributed by atoms with Gasteiger partial charge in [-0.15, -0.1) is 0 Å². The molecule has 1 aromatic heterocycles. The van der Waals surface area contributed by atoms with Crippen molar-refractivity contribution in [2.75, 3.05) is 41.8 Å². The highest BCUT2D eigenvalue weighted by Gasteiger charge is 2.50. The van der Waals surface area contributed by atoms with Gasteiger partial charge in [-0.05, 0) is 75.9 Å². The van der Waals surface area contributed by atoms with Crippen LogP contribution in [-0.2, 0) is 10.3 Å². The summed E-state index contributed by atoms with van der Waals surface area (Å²) in [5, 5.41) is 28.3. The maximum Gasteiger partial charge on any atom is 0.408 e. The zero-order valence-corrected chi connectivity index (χ0v) is 23.6. The number of para-hydroxylation sites is 2. The average molecular weight is 561 g/mol. The monoisotopic (exact) mass is 560 g/mol. The lowest BCUT2D eigenvalue weighted by atomic mass is 9.69. The summed E-state index contributed by atoms with van der Waals surface area (Å²) in [4.78, 5) is 32.0. The maximum atomic E-state index is 12.3. The molecule has 0 bridgehead atoms. The molecule has 1 saturated heterocycles. The van der Waals surface area contributed by atoms with Gasteiger partial charge in [-0.25, -0.2) is 9.78 Å². The van der Waals surface area contributed by atoms with Crippen molar-refractivity contribution in [2.24, 2.45) is 0 Å². The number of nitro groups is 1. The van der Waals surface area contributed by atoms with E-state index in [1.807, 2.05) is 69.3 Å². The van der Waals surface area contributed by atoms with Crippen molar-refractivity contribution >= 4 is 40.5 Å². The Balaban J connectivity index is 1.40. The minimum absolute atomic E-state index is 0.108. The number of hydrogen-bond acceptors (Lipinski definition) is 8. The molecule has 5 rings (SSSR count). The van der Waals surface area contributed by atoms with E-state index < -0.39 is 22.1 Å². The standard InChI is InChI=1S/C30H36N6O5/c1-29(2,3)35(28(37)38)30(15-6-16-30)21-9-11-22(12-10-21)31-27-25(36(39)40)13-14-26(33-27)32-23-7-4-5-8-24(23)34-17-19-41-20-18-34/h4-5,7-14H,6,15-20H2,1-3H3,(H,37,38)(H2,31,32,33). The fourth-order valence-electron chi connectivity index (χ4n) is 5.82. The van der Waals surface area contributed by atoms with Crippen LogP contribution in [0.2, 0.25) is 0 Å². The third-order valence-electron chi connectivity index (χ3n) is 7.75. The molecule has 2 heterocycles. The molecular weight excluding hydrogens is 524 g/mol. The molecule has 0 radical (unpaired) electrons. The molecule has 11 nitrogen and oxygen atoms in total. The van der Waals surface area contributed by atoms with Gasteiger partial charge in [0.1, 0.15) is 5.82 Å². The number of rotatable bonds is 8. The minimum atomic E-state index is -0.946. The SMILES string of the molecule is CC(C)(C)N(C(=O)O)C1(c2ccc(Nc3nc(Nc4ccccc4N4CCOCC4)ccc3[N+](=O)[O-])cc2)CCC1. The summed E-state index contributed by atoms with van der Waals surface area (Å²) in [5.74, 6) is 0.572. The van der Waals surface area contributed by atoms with Gasteiger partial charge < -0.3 is 25.4 Å². The van der Waals surface area contributed by atoms with Crippen LogP contribution in [0.25, 0.3) is 0 Å². The van der Waals surface area contributed by atoms with Gasteiger partial charge in [0.2, 0.25) is 5.82 Å². The van der Waals surface area contributed by atoms with Crippen LogP contribution in [0.4, 0.5) is 39.2 Å². The quantitative estimate of drug-likeness (QED) is 0.209. The zero-order chi connectivity index (χ0) is 29.2. The second kappa shape index (κ2) is 11.2. The molecule has 3 N–H and O–H groups in total. The smallest absolute Gasteiger partial charge is 0.408 e. The van der Waals surface area contributed by atoms with Crippen molar-refractivity contribution < 1.29 is 19.6 Å². The van der Waals surface area contributed by atoms with E-state index in [0.29, 0.717) is 24.7 Å². The van der Waals surface area contributed by atoms with Crippen molar-refractivity contribution in [3.05, 3.63) is 76.3 Å². The number of carboxylic acid groups (broad SMARTS) is 1. The van der Waals surface area contributed by atoms with Gasteiger partial charge in [-0.1, -0.05) is 24.3 Å². The highest BCUT2D eigenvalue weighted by Crippen LogP contribution is 2.49. The summed E-state index contributed by atoms with van der Waals surface area (Å²) >= 11 is 0. The molecule has 0 spiro atoms. The first-order valence-corrected chi connectivity index (χ1v) is 13.8. The molecule has 1 saturated carbocycles. The van der Waals surface area contributed by atoms with Crippen molar-refractivity contribution in [3.63, 3.8) is 0 Å². The number of morpholine rings is 1. The third-order valence-corrected chi connectivity index (χ3v) is 7.75. The number of nitrogens with zero attached hydrogens (tertiary/aromatic N) is 4. The number of anilines is 5. The first-order chi connectivity index (χ1) is 19.6. The van der Waals surface area contributed by atoms with E-state index in [-0.39, 0.29) is 11.5 Å². The van der Waals surface area contributed by atoms with Crippen LogP contribution >= 0.6 is 0 Å². The molecule has 11 heteroatoms. The molecule has 1 amide bonds. The Morgan fingerprint density at radius 1 is 1.05 bits per heavy atom. The van der Waals surface area contributed by atoms with Gasteiger partial charge in [-0.2, -0.15) is 0 Å². The van der Waals surface area contributed by atoms with Crippen molar-refractivity contribution in [2.45, 2.75) is 51.1 Å². The topological polar surface area (TPSA) is 133 Å². The Kier molecular flexibility index (Phi) is 7.72. The Hall–Kier alpha value is -4.38. The fraction of sp³-hybridized carbons (Fsp3) is 0.400. The van der Waals surface area contributed by atoms with E-state index in [1.54, 1.807) is 11.0 Å². The van der Waals surface area contributed by atoms with Gasteiger partial charge in [-0.3, -0.25) is 15.0 Å². The summed E-state index contributed by atoms with van der Waals surface area (Å²) in [6.45, 7) is 8.57. The van der Waals surface area contributed by atoms with Crippen molar-refractivity contribution in [1.82, 2.24) is 9.88 Å². The van der Waals surface area contributed by atoms with E-state index in [2.05, 4.69) is 20.5 Å². The summed E-state index contributed by atoms with van der Waals surface area (Å²) in [5.41, 5.74) is 2.06. The Bertz CT molecular complexity index is 1410. The molecular formula is C30H36N6O5. The van der Waals surface area contributed by atoms with E-state index in [9.17, 15) is 20.0 Å². The van der Waals surface area contributed by atoms with Crippen LogP contribution in [-0.4, -0.2) is 57.8 Å². The highest BCUT2D eigenvalue weighted by molar-refractivity contribution is 5.76. The minimum Gasteiger partial charge on any atom is -0.465 e. The number of hydrogen-bond donors (Lipinski definition) is 3. The van der Waals surface area contributed by atoms with Crippen LogP contribution in [0.15, 0.2) is 60.7 Å². The number of pyridine rings is 1. The van der Waals surface area contributed by atoms with E-state index in [4.69, 9.17) is 4.74 Å².